The summed E-state index contributed by atoms with van der Waals surface area (Å²) in [7, 11) is 0. The molecule has 0 spiro atoms. The van der Waals surface area contributed by atoms with Crippen LogP contribution in [0.5, 0.6) is 0 Å². The molecule has 0 bridgehead atoms. The molecule has 2 rings (SSSR count). The van der Waals surface area contributed by atoms with Crippen LogP contribution < -0.4 is 5.32 Å². The Morgan fingerprint density at radius 1 is 1.42 bits per heavy atom. The van der Waals surface area contributed by atoms with Crippen molar-refractivity contribution in [2.24, 2.45) is 0 Å². The Labute approximate surface area is 112 Å². The van der Waals surface area contributed by atoms with Crippen molar-refractivity contribution in [3.63, 3.8) is 0 Å². The Kier molecular flexibility index (Phi) is 3.55. The number of hydrogen-bond donors (Lipinski definition) is 1. The average Bonchev–Trinajstić information content (AvgIpc) is 2.76. The number of hydrogen-bond acceptors (Lipinski definition) is 4. The largest absolute Gasteiger partial charge is 0.342 e. The molecule has 7 heteroatoms. The van der Waals surface area contributed by atoms with Gasteiger partial charge >= 0.3 is 0 Å². The van der Waals surface area contributed by atoms with E-state index in [9.17, 15) is 9.59 Å². The lowest BCUT2D eigenvalue weighted by Crippen LogP contribution is -2.52. The zero-order valence-electron chi connectivity index (χ0n) is 11.5. The lowest BCUT2D eigenvalue weighted by atomic mass is 10.0. The van der Waals surface area contributed by atoms with Crippen LogP contribution in [0.15, 0.2) is 6.33 Å². The second kappa shape index (κ2) is 4.99. The third kappa shape index (κ3) is 2.74. The lowest BCUT2D eigenvalue weighted by molar-refractivity contribution is -0.138. The molecule has 104 valence electrons. The van der Waals surface area contributed by atoms with Crippen molar-refractivity contribution in [2.45, 2.75) is 45.8 Å². The van der Waals surface area contributed by atoms with Crippen molar-refractivity contribution in [3.05, 3.63) is 12.2 Å². The maximum absolute atomic E-state index is 12.4. The molecule has 0 radical (unpaired) electrons. The molecule has 1 fully saturated rings. The third-order valence-corrected chi connectivity index (χ3v) is 3.21. The summed E-state index contributed by atoms with van der Waals surface area (Å²) in [6, 6.07) is 0. The molecule has 0 atom stereocenters. The molecule has 7 nitrogen and oxygen atoms in total. The Hall–Kier alpha value is -1.92. The van der Waals surface area contributed by atoms with Crippen molar-refractivity contribution >= 4 is 11.8 Å². The highest BCUT2D eigenvalue weighted by Gasteiger charge is 2.36. The van der Waals surface area contributed by atoms with Gasteiger partial charge in [0.1, 0.15) is 17.7 Å². The molecule has 0 saturated carbocycles. The van der Waals surface area contributed by atoms with Gasteiger partial charge in [0, 0.05) is 19.5 Å². The van der Waals surface area contributed by atoms with E-state index in [4.69, 9.17) is 0 Å². The number of aromatic nitrogens is 3. The van der Waals surface area contributed by atoms with Crippen LogP contribution in [-0.2, 0) is 22.7 Å². The third-order valence-electron chi connectivity index (χ3n) is 3.21. The Morgan fingerprint density at radius 3 is 2.84 bits per heavy atom. The highest BCUT2D eigenvalue weighted by molar-refractivity contribution is 5.92. The minimum Gasteiger partial charge on any atom is -0.342 e. The summed E-state index contributed by atoms with van der Waals surface area (Å²) >= 11 is 0. The molecular formula is C12H19N5O2. The van der Waals surface area contributed by atoms with Gasteiger partial charge in [0.05, 0.1) is 6.54 Å². The van der Waals surface area contributed by atoms with Gasteiger partial charge < -0.3 is 10.2 Å². The van der Waals surface area contributed by atoms with E-state index in [2.05, 4.69) is 15.4 Å². The van der Waals surface area contributed by atoms with E-state index in [1.165, 1.54) is 6.33 Å². The number of rotatable bonds is 3. The van der Waals surface area contributed by atoms with Gasteiger partial charge in [-0.1, -0.05) is 0 Å². The summed E-state index contributed by atoms with van der Waals surface area (Å²) in [5.74, 6) is 0.544. The molecule has 0 aliphatic carbocycles. The van der Waals surface area contributed by atoms with Gasteiger partial charge in [-0.05, 0) is 20.8 Å². The molecule has 1 saturated heterocycles. The van der Waals surface area contributed by atoms with Gasteiger partial charge in [0.25, 0.3) is 0 Å². The molecule has 1 aliphatic rings. The molecular weight excluding hydrogens is 246 g/mol. The smallest absolute Gasteiger partial charge is 0.248 e. The lowest BCUT2D eigenvalue weighted by Gasteiger charge is -2.28. The van der Waals surface area contributed by atoms with E-state index in [0.717, 1.165) is 5.82 Å². The maximum atomic E-state index is 12.4. The van der Waals surface area contributed by atoms with Gasteiger partial charge in [0.2, 0.25) is 11.8 Å². The van der Waals surface area contributed by atoms with Gasteiger partial charge in [-0.3, -0.25) is 9.59 Å². The van der Waals surface area contributed by atoms with Gasteiger partial charge in [-0.2, -0.15) is 5.10 Å². The summed E-state index contributed by atoms with van der Waals surface area (Å²) in [5, 5.41) is 6.82. The molecule has 1 aliphatic heterocycles. The standard InChI is InChI=1S/C12H19N5O2/c1-4-17-9(13-8-14-17)7-16-6-5-10(18)15-12(2,3)11(16)19/h8H,4-7H2,1-3H3,(H,15,18). The Morgan fingerprint density at radius 2 is 2.16 bits per heavy atom. The number of aryl methyl sites for hydroxylation is 1. The predicted octanol–water partition coefficient (Wildman–Crippen LogP) is -0.0749. The molecule has 1 aromatic rings. The first kappa shape index (κ1) is 13.5. The summed E-state index contributed by atoms with van der Waals surface area (Å²) in [5.41, 5.74) is -0.870. The van der Waals surface area contributed by atoms with Crippen molar-refractivity contribution < 1.29 is 9.59 Å². The molecule has 0 unspecified atom stereocenters. The van der Waals surface area contributed by atoms with Crippen molar-refractivity contribution in [1.82, 2.24) is 25.0 Å². The van der Waals surface area contributed by atoms with Crippen LogP contribution in [0.4, 0.5) is 0 Å². The van der Waals surface area contributed by atoms with E-state index in [1.54, 1.807) is 23.4 Å². The summed E-state index contributed by atoms with van der Waals surface area (Å²) < 4.78 is 1.75. The summed E-state index contributed by atoms with van der Waals surface area (Å²) in [6.45, 7) is 6.90. The number of carbonyl (C=O) groups excluding carboxylic acids is 2. The Balaban J connectivity index is 2.19. The fourth-order valence-electron chi connectivity index (χ4n) is 2.19. The van der Waals surface area contributed by atoms with E-state index in [1.807, 2.05) is 6.92 Å². The highest BCUT2D eigenvalue weighted by atomic mass is 16.2. The summed E-state index contributed by atoms with van der Waals surface area (Å²) in [6.07, 6.45) is 1.80. The predicted molar refractivity (Wildman–Crippen MR) is 68.0 cm³/mol. The fourth-order valence-corrected chi connectivity index (χ4v) is 2.19. The zero-order chi connectivity index (χ0) is 14.0. The van der Waals surface area contributed by atoms with E-state index < -0.39 is 5.54 Å². The van der Waals surface area contributed by atoms with E-state index >= 15 is 0 Å². The Bertz CT molecular complexity index is 494. The van der Waals surface area contributed by atoms with E-state index in [-0.39, 0.29) is 11.8 Å². The molecule has 2 heterocycles. The number of nitrogens with one attached hydrogen (secondary N) is 1. The SMILES string of the molecule is CCn1ncnc1CN1CCC(=O)NC(C)(C)C1=O. The molecule has 2 amide bonds. The molecule has 0 aromatic carbocycles. The van der Waals surface area contributed by atoms with Crippen LogP contribution in [0, 0.1) is 0 Å². The quantitative estimate of drug-likeness (QED) is 0.829. The molecule has 1 aromatic heterocycles. The first-order valence-electron chi connectivity index (χ1n) is 6.41. The second-order valence-corrected chi connectivity index (χ2v) is 5.14. The van der Waals surface area contributed by atoms with Gasteiger partial charge in [0.15, 0.2) is 0 Å². The molecule has 19 heavy (non-hydrogen) atoms. The molecule has 1 N–H and O–H groups in total. The number of nitrogens with zero attached hydrogens (tertiary/aromatic N) is 4. The van der Waals surface area contributed by atoms with Crippen LogP contribution in [0.25, 0.3) is 0 Å². The second-order valence-electron chi connectivity index (χ2n) is 5.14. The topological polar surface area (TPSA) is 80.1 Å². The zero-order valence-corrected chi connectivity index (χ0v) is 11.5. The van der Waals surface area contributed by atoms with Crippen LogP contribution in [0.3, 0.4) is 0 Å². The fraction of sp³-hybridized carbons (Fsp3) is 0.667. The first-order chi connectivity index (χ1) is 8.94. The first-order valence-corrected chi connectivity index (χ1v) is 6.41. The normalized spacial score (nSPS) is 19.2. The van der Waals surface area contributed by atoms with Crippen molar-refractivity contribution in [3.8, 4) is 0 Å². The van der Waals surface area contributed by atoms with Gasteiger partial charge in [-0.15, -0.1) is 0 Å². The van der Waals surface area contributed by atoms with Gasteiger partial charge in [-0.25, -0.2) is 9.67 Å². The highest BCUT2D eigenvalue weighted by Crippen LogP contribution is 2.15. The van der Waals surface area contributed by atoms with Crippen LogP contribution in [-0.4, -0.2) is 43.6 Å². The summed E-state index contributed by atoms with van der Waals surface area (Å²) in [4.78, 5) is 29.8. The van der Waals surface area contributed by atoms with E-state index in [0.29, 0.717) is 26.1 Å². The maximum Gasteiger partial charge on any atom is 0.248 e. The van der Waals surface area contributed by atoms with Crippen LogP contribution in [0.2, 0.25) is 0 Å². The average molecular weight is 265 g/mol. The van der Waals surface area contributed by atoms with Crippen molar-refractivity contribution in [2.75, 3.05) is 6.54 Å². The van der Waals surface area contributed by atoms with Crippen LogP contribution >= 0.6 is 0 Å². The van der Waals surface area contributed by atoms with Crippen molar-refractivity contribution in [1.29, 1.82) is 0 Å². The number of carbonyl (C=O) groups is 2. The minimum absolute atomic E-state index is 0.0935. The minimum atomic E-state index is -0.870. The number of amides is 2. The van der Waals surface area contributed by atoms with Crippen LogP contribution in [0.1, 0.15) is 33.0 Å². The monoisotopic (exact) mass is 265 g/mol.